The van der Waals surface area contributed by atoms with Gasteiger partial charge >= 0.3 is 0 Å². The highest BCUT2D eigenvalue weighted by Crippen LogP contribution is 2.26. The summed E-state index contributed by atoms with van der Waals surface area (Å²) in [5, 5.41) is 0. The molecule has 2 rings (SSSR count). The normalized spacial score (nSPS) is 17.9. The quantitative estimate of drug-likeness (QED) is 0.822. The second kappa shape index (κ2) is 8.10. The van der Waals surface area contributed by atoms with E-state index in [9.17, 15) is 8.42 Å². The molecule has 4 nitrogen and oxygen atoms in total. The fourth-order valence-electron chi connectivity index (χ4n) is 2.31. The summed E-state index contributed by atoms with van der Waals surface area (Å²) in [6.45, 7) is 5.24. The molecule has 8 heteroatoms. The Bertz CT molecular complexity index is 513. The van der Waals surface area contributed by atoms with Crippen LogP contribution in [0.15, 0.2) is 20.1 Å². The smallest absolute Gasteiger partial charge is 0.250 e. The molecule has 1 N–H and O–H groups in total. The lowest BCUT2D eigenvalue weighted by Crippen LogP contribution is -2.44. The number of hydrogen-bond donors (Lipinski definition) is 1. The van der Waals surface area contributed by atoms with Crippen LogP contribution in [-0.2, 0) is 10.0 Å². The Balaban J connectivity index is 0.00000200. The van der Waals surface area contributed by atoms with E-state index in [1.165, 1.54) is 11.3 Å². The van der Waals surface area contributed by atoms with Crippen molar-refractivity contribution < 1.29 is 8.42 Å². The molecule has 0 atom stereocenters. The van der Waals surface area contributed by atoms with E-state index < -0.39 is 10.0 Å². The van der Waals surface area contributed by atoms with Crippen LogP contribution >= 0.6 is 39.7 Å². The van der Waals surface area contributed by atoms with Crippen LogP contribution in [0.4, 0.5) is 0 Å². The Morgan fingerprint density at radius 1 is 1.40 bits per heavy atom. The number of hydrogen-bond acceptors (Lipinski definition) is 4. The van der Waals surface area contributed by atoms with Gasteiger partial charge in [-0.1, -0.05) is 6.92 Å². The van der Waals surface area contributed by atoms with Gasteiger partial charge in [0.25, 0.3) is 0 Å². The lowest BCUT2D eigenvalue weighted by Gasteiger charge is -2.31. The second-order valence-electron chi connectivity index (χ2n) is 4.80. The molecule has 1 aliphatic rings. The summed E-state index contributed by atoms with van der Waals surface area (Å²) >= 11 is 4.54. The first kappa shape index (κ1) is 18.4. The molecule has 0 amide bonds. The molecule has 0 aromatic carbocycles. The predicted octanol–water partition coefficient (Wildman–Crippen LogP) is 3.09. The van der Waals surface area contributed by atoms with Crippen molar-refractivity contribution in [2.75, 3.05) is 19.6 Å². The maximum absolute atomic E-state index is 12.2. The summed E-state index contributed by atoms with van der Waals surface area (Å²) in [4.78, 5) is 2.40. The molecule has 2 heterocycles. The third kappa shape index (κ3) is 4.96. The lowest BCUT2D eigenvalue weighted by molar-refractivity contribution is 0.208. The van der Waals surface area contributed by atoms with Crippen LogP contribution in [0.3, 0.4) is 0 Å². The van der Waals surface area contributed by atoms with E-state index in [1.807, 2.05) is 0 Å². The first-order valence-corrected chi connectivity index (χ1v) is 9.60. The third-order valence-corrected chi connectivity index (χ3v) is 6.90. The predicted molar refractivity (Wildman–Crippen MR) is 89.3 cm³/mol. The van der Waals surface area contributed by atoms with Crippen LogP contribution in [0.1, 0.15) is 26.2 Å². The van der Waals surface area contributed by atoms with Crippen molar-refractivity contribution in [1.82, 2.24) is 9.62 Å². The van der Waals surface area contributed by atoms with Crippen molar-refractivity contribution in [2.45, 2.75) is 36.4 Å². The van der Waals surface area contributed by atoms with Gasteiger partial charge in [-0.2, -0.15) is 0 Å². The van der Waals surface area contributed by atoms with E-state index in [0.717, 1.165) is 42.7 Å². The summed E-state index contributed by atoms with van der Waals surface area (Å²) in [5.41, 5.74) is 0. The van der Waals surface area contributed by atoms with Gasteiger partial charge in [-0.15, -0.1) is 23.7 Å². The summed E-state index contributed by atoms with van der Waals surface area (Å²) in [6, 6.07) is 3.48. The van der Waals surface area contributed by atoms with Gasteiger partial charge in [0.1, 0.15) is 4.21 Å². The number of piperidine rings is 1. The van der Waals surface area contributed by atoms with Crippen molar-refractivity contribution in [3.63, 3.8) is 0 Å². The number of thiophene rings is 1. The number of sulfonamides is 1. The van der Waals surface area contributed by atoms with Gasteiger partial charge in [0.05, 0.1) is 3.79 Å². The molecule has 1 aliphatic heterocycles. The monoisotopic (exact) mass is 402 g/mol. The van der Waals surface area contributed by atoms with Crippen molar-refractivity contribution in [3.8, 4) is 0 Å². The number of rotatable bonds is 5. The van der Waals surface area contributed by atoms with Gasteiger partial charge < -0.3 is 4.90 Å². The average Bonchev–Trinajstić information content (AvgIpc) is 2.79. The molecular weight excluding hydrogens is 384 g/mol. The summed E-state index contributed by atoms with van der Waals surface area (Å²) < 4.78 is 28.4. The van der Waals surface area contributed by atoms with E-state index in [-0.39, 0.29) is 18.4 Å². The van der Waals surface area contributed by atoms with E-state index >= 15 is 0 Å². The van der Waals surface area contributed by atoms with Gasteiger partial charge in [0, 0.05) is 6.04 Å². The average molecular weight is 404 g/mol. The third-order valence-electron chi connectivity index (χ3n) is 3.26. The molecule has 0 unspecified atom stereocenters. The number of likely N-dealkylation sites (tertiary alicyclic amines) is 1. The maximum atomic E-state index is 12.2. The molecule has 0 saturated carbocycles. The Hall–Kier alpha value is 0.340. The maximum Gasteiger partial charge on any atom is 0.250 e. The van der Waals surface area contributed by atoms with Crippen LogP contribution in [0.25, 0.3) is 0 Å². The first-order valence-electron chi connectivity index (χ1n) is 6.51. The van der Waals surface area contributed by atoms with Gasteiger partial charge in [-0.05, 0) is 67.0 Å². The highest BCUT2D eigenvalue weighted by molar-refractivity contribution is 9.11. The molecule has 116 valence electrons. The van der Waals surface area contributed by atoms with E-state index in [1.54, 1.807) is 12.1 Å². The topological polar surface area (TPSA) is 49.4 Å². The Kier molecular flexibility index (Phi) is 7.45. The number of halogens is 2. The van der Waals surface area contributed by atoms with Crippen LogP contribution < -0.4 is 4.72 Å². The van der Waals surface area contributed by atoms with Crippen LogP contribution in [0, 0.1) is 0 Å². The van der Waals surface area contributed by atoms with Crippen LogP contribution in [0.5, 0.6) is 0 Å². The van der Waals surface area contributed by atoms with Crippen molar-refractivity contribution in [3.05, 3.63) is 15.9 Å². The zero-order valence-electron chi connectivity index (χ0n) is 11.3. The van der Waals surface area contributed by atoms with Gasteiger partial charge in [0.2, 0.25) is 10.0 Å². The standard InChI is InChI=1S/C12H19BrN2O2S2.ClH/c1-2-7-15-8-5-10(6-9-15)14-19(16,17)12-4-3-11(13)18-12;/h3-4,10,14H,2,5-9H2,1H3;1H. The Labute approximate surface area is 139 Å². The van der Waals surface area contributed by atoms with E-state index in [0.29, 0.717) is 4.21 Å². The van der Waals surface area contributed by atoms with Crippen molar-refractivity contribution in [1.29, 1.82) is 0 Å². The zero-order valence-corrected chi connectivity index (χ0v) is 15.4. The Morgan fingerprint density at radius 2 is 2.05 bits per heavy atom. The molecule has 1 fully saturated rings. The molecule has 1 saturated heterocycles. The summed E-state index contributed by atoms with van der Waals surface area (Å²) in [7, 11) is -3.35. The highest BCUT2D eigenvalue weighted by atomic mass is 79.9. The van der Waals surface area contributed by atoms with Crippen molar-refractivity contribution in [2.24, 2.45) is 0 Å². The zero-order chi connectivity index (χ0) is 13.9. The molecule has 0 aliphatic carbocycles. The highest BCUT2D eigenvalue weighted by Gasteiger charge is 2.25. The lowest BCUT2D eigenvalue weighted by atomic mass is 10.1. The Morgan fingerprint density at radius 3 is 2.55 bits per heavy atom. The molecule has 1 aromatic rings. The molecule has 20 heavy (non-hydrogen) atoms. The summed E-state index contributed by atoms with van der Waals surface area (Å²) in [5.74, 6) is 0. The van der Waals surface area contributed by atoms with E-state index in [4.69, 9.17) is 0 Å². The van der Waals surface area contributed by atoms with Crippen LogP contribution in [-0.4, -0.2) is 39.0 Å². The van der Waals surface area contributed by atoms with Crippen LogP contribution in [0.2, 0.25) is 0 Å². The molecular formula is C12H20BrClN2O2S2. The minimum absolute atomic E-state index is 0. The first-order chi connectivity index (χ1) is 9.01. The number of nitrogens with one attached hydrogen (secondary N) is 1. The molecule has 1 aromatic heterocycles. The fraction of sp³-hybridized carbons (Fsp3) is 0.667. The minimum atomic E-state index is -3.35. The van der Waals surface area contributed by atoms with Gasteiger partial charge in [-0.3, -0.25) is 0 Å². The summed E-state index contributed by atoms with van der Waals surface area (Å²) in [6.07, 6.45) is 2.94. The molecule has 0 radical (unpaired) electrons. The van der Waals surface area contributed by atoms with Gasteiger partial charge in [-0.25, -0.2) is 13.1 Å². The largest absolute Gasteiger partial charge is 0.303 e. The van der Waals surface area contributed by atoms with Gasteiger partial charge in [0.15, 0.2) is 0 Å². The second-order valence-corrected chi connectivity index (χ2v) is 9.20. The van der Waals surface area contributed by atoms with Crippen molar-refractivity contribution >= 4 is 49.7 Å². The number of nitrogens with zero attached hydrogens (tertiary/aromatic N) is 1. The fourth-order valence-corrected chi connectivity index (χ4v) is 5.64. The van der Waals surface area contributed by atoms with E-state index in [2.05, 4.69) is 32.5 Å². The SMILES string of the molecule is CCCN1CCC(NS(=O)(=O)c2ccc(Br)s2)CC1.Cl. The molecule has 0 spiro atoms. The molecule has 0 bridgehead atoms. The minimum Gasteiger partial charge on any atom is -0.303 e.